The van der Waals surface area contributed by atoms with E-state index in [1.807, 2.05) is 0 Å². The van der Waals surface area contributed by atoms with Crippen molar-refractivity contribution < 1.29 is 46.4 Å². The number of carboxylic acids is 1. The van der Waals surface area contributed by atoms with Crippen LogP contribution in [0.1, 0.15) is 16.1 Å². The van der Waals surface area contributed by atoms with Gasteiger partial charge in [0.15, 0.2) is 0 Å². The summed E-state index contributed by atoms with van der Waals surface area (Å²) in [5.74, 6) is -2.60. The Morgan fingerprint density at radius 1 is 1.46 bits per heavy atom. The van der Waals surface area contributed by atoms with Gasteiger partial charge in [0, 0.05) is 0 Å². The van der Waals surface area contributed by atoms with Crippen molar-refractivity contribution in [2.75, 3.05) is 0 Å². The van der Waals surface area contributed by atoms with Gasteiger partial charge in [0.2, 0.25) is 0 Å². The molecular formula is C6H2F3LiO3. The summed E-state index contributed by atoms with van der Waals surface area (Å²) in [7, 11) is 0. The van der Waals surface area contributed by atoms with Crippen LogP contribution < -0.4 is 24.0 Å². The largest absolute Gasteiger partial charge is 1.00 e. The topological polar surface area (TPSA) is 53.3 Å². The number of halogens is 3. The first-order valence-corrected chi connectivity index (χ1v) is 2.78. The molecule has 0 aliphatic carbocycles. The van der Waals surface area contributed by atoms with Crippen LogP contribution in [0, 0.1) is 0 Å². The SMILES string of the molecule is O=C([O-])c1cc(C(F)(F)F)co1.[Li+]. The maximum atomic E-state index is 11.8. The van der Waals surface area contributed by atoms with Crippen molar-refractivity contribution in [2.24, 2.45) is 0 Å². The van der Waals surface area contributed by atoms with Crippen LogP contribution in [0.4, 0.5) is 13.2 Å². The van der Waals surface area contributed by atoms with Crippen LogP contribution in [-0.4, -0.2) is 5.97 Å². The molecule has 1 rings (SSSR count). The van der Waals surface area contributed by atoms with Gasteiger partial charge < -0.3 is 14.3 Å². The Labute approximate surface area is 82.7 Å². The van der Waals surface area contributed by atoms with Crippen molar-refractivity contribution in [1.82, 2.24) is 0 Å². The Morgan fingerprint density at radius 3 is 2.23 bits per heavy atom. The number of aromatic carboxylic acids is 1. The predicted molar refractivity (Wildman–Crippen MR) is 28.0 cm³/mol. The fourth-order valence-electron chi connectivity index (χ4n) is 0.592. The van der Waals surface area contributed by atoms with E-state index in [1.54, 1.807) is 0 Å². The van der Waals surface area contributed by atoms with Crippen LogP contribution in [-0.2, 0) is 6.18 Å². The van der Waals surface area contributed by atoms with Gasteiger partial charge in [-0.2, -0.15) is 13.2 Å². The van der Waals surface area contributed by atoms with Gasteiger partial charge in [-0.05, 0) is 6.07 Å². The molecule has 66 valence electrons. The van der Waals surface area contributed by atoms with Crippen molar-refractivity contribution in [3.05, 3.63) is 23.7 Å². The summed E-state index contributed by atoms with van der Waals surface area (Å²) < 4.78 is 39.4. The number of carboxylic acid groups (broad SMARTS) is 1. The Bertz CT molecular complexity index is 304. The van der Waals surface area contributed by atoms with Crippen molar-refractivity contribution in [2.45, 2.75) is 6.18 Å². The van der Waals surface area contributed by atoms with Gasteiger partial charge in [0.05, 0.1) is 5.56 Å². The number of alkyl halides is 3. The fourth-order valence-corrected chi connectivity index (χ4v) is 0.592. The summed E-state index contributed by atoms with van der Waals surface area (Å²) in [4.78, 5) is 9.97. The molecule has 0 saturated carbocycles. The molecule has 0 saturated heterocycles. The summed E-state index contributed by atoms with van der Waals surface area (Å²) in [6.07, 6.45) is -4.26. The van der Waals surface area contributed by atoms with Crippen LogP contribution >= 0.6 is 0 Å². The Hall–Kier alpha value is -0.863. The zero-order chi connectivity index (χ0) is 9.35. The molecule has 0 bridgehead atoms. The van der Waals surface area contributed by atoms with E-state index in [4.69, 9.17) is 0 Å². The summed E-state index contributed by atoms with van der Waals surface area (Å²) in [6, 6.07) is 0.370. The Morgan fingerprint density at radius 2 is 2.00 bits per heavy atom. The molecule has 0 N–H and O–H groups in total. The van der Waals surface area contributed by atoms with E-state index < -0.39 is 23.5 Å². The van der Waals surface area contributed by atoms with Crippen molar-refractivity contribution in [1.29, 1.82) is 0 Å². The summed E-state index contributed by atoms with van der Waals surface area (Å²) in [5.41, 5.74) is -1.14. The quantitative estimate of drug-likeness (QED) is 0.462. The first-order chi connectivity index (χ1) is 5.41. The number of rotatable bonds is 1. The maximum Gasteiger partial charge on any atom is 1.00 e. The van der Waals surface area contributed by atoms with Crippen LogP contribution in [0.3, 0.4) is 0 Å². The van der Waals surface area contributed by atoms with E-state index in [-0.39, 0.29) is 18.9 Å². The van der Waals surface area contributed by atoms with E-state index in [1.165, 1.54) is 0 Å². The Kier molecular flexibility index (Phi) is 3.64. The Balaban J connectivity index is 0.00000144. The maximum absolute atomic E-state index is 11.8. The van der Waals surface area contributed by atoms with Gasteiger partial charge in [-0.3, -0.25) is 0 Å². The van der Waals surface area contributed by atoms with Gasteiger partial charge in [-0.1, -0.05) is 0 Å². The monoisotopic (exact) mass is 186 g/mol. The number of carbonyl (C=O) groups excluding carboxylic acids is 1. The molecule has 0 aromatic carbocycles. The number of furan rings is 1. The molecule has 0 radical (unpaired) electrons. The van der Waals surface area contributed by atoms with Crippen LogP contribution in [0.15, 0.2) is 16.7 Å². The standard InChI is InChI=1S/C6H3F3O3.Li/c7-6(8,9)3-1-4(5(10)11)12-2-3;/h1-2H,(H,10,11);/q;+1/p-1. The minimum absolute atomic E-state index is 0. The van der Waals surface area contributed by atoms with Crippen LogP contribution in [0.2, 0.25) is 0 Å². The normalized spacial score (nSPS) is 10.7. The number of hydrogen-bond acceptors (Lipinski definition) is 3. The zero-order valence-electron chi connectivity index (χ0n) is 6.51. The summed E-state index contributed by atoms with van der Waals surface area (Å²) in [6.45, 7) is 0. The third-order valence-corrected chi connectivity index (χ3v) is 1.13. The first-order valence-electron chi connectivity index (χ1n) is 2.78. The fraction of sp³-hybridized carbons (Fsp3) is 0.167. The molecule has 0 spiro atoms. The summed E-state index contributed by atoms with van der Waals surface area (Å²) in [5, 5.41) is 9.97. The molecule has 0 amide bonds. The van der Waals surface area contributed by atoms with Gasteiger partial charge in [-0.25, -0.2) is 0 Å². The van der Waals surface area contributed by atoms with Gasteiger partial charge in [0.1, 0.15) is 18.0 Å². The zero-order valence-corrected chi connectivity index (χ0v) is 6.51. The average molecular weight is 186 g/mol. The van der Waals surface area contributed by atoms with Crippen molar-refractivity contribution in [3.63, 3.8) is 0 Å². The van der Waals surface area contributed by atoms with Crippen LogP contribution in [0.5, 0.6) is 0 Å². The molecule has 0 fully saturated rings. The summed E-state index contributed by atoms with van der Waals surface area (Å²) >= 11 is 0. The van der Waals surface area contributed by atoms with E-state index >= 15 is 0 Å². The molecule has 1 heterocycles. The first kappa shape index (κ1) is 12.1. The third kappa shape index (κ3) is 2.83. The second-order valence-electron chi connectivity index (χ2n) is 1.98. The smallest absolute Gasteiger partial charge is 0.542 e. The van der Waals surface area contributed by atoms with Gasteiger partial charge in [-0.15, -0.1) is 0 Å². The minimum Gasteiger partial charge on any atom is -0.542 e. The average Bonchev–Trinajstić information content (AvgIpc) is 2.30. The van der Waals surface area contributed by atoms with E-state index in [9.17, 15) is 23.1 Å². The van der Waals surface area contributed by atoms with Gasteiger partial charge >= 0.3 is 25.0 Å². The predicted octanol–water partition coefficient (Wildman–Crippen LogP) is -2.33. The van der Waals surface area contributed by atoms with E-state index in [0.29, 0.717) is 12.3 Å². The molecule has 0 aliphatic rings. The van der Waals surface area contributed by atoms with Gasteiger partial charge in [0.25, 0.3) is 0 Å². The number of hydrogen-bond donors (Lipinski definition) is 0. The minimum atomic E-state index is -4.59. The number of carbonyl (C=O) groups is 1. The van der Waals surface area contributed by atoms with E-state index in [0.717, 1.165) is 0 Å². The molecule has 0 atom stereocenters. The van der Waals surface area contributed by atoms with Crippen molar-refractivity contribution >= 4 is 5.97 Å². The molecule has 1 aromatic rings. The second-order valence-corrected chi connectivity index (χ2v) is 1.98. The molecule has 1 aromatic heterocycles. The molecule has 0 unspecified atom stereocenters. The van der Waals surface area contributed by atoms with Crippen LogP contribution in [0.25, 0.3) is 0 Å². The van der Waals surface area contributed by atoms with E-state index in [2.05, 4.69) is 4.42 Å². The van der Waals surface area contributed by atoms with Crippen molar-refractivity contribution in [3.8, 4) is 0 Å². The molecular weight excluding hydrogens is 184 g/mol. The second kappa shape index (κ2) is 3.90. The molecule has 7 heteroatoms. The molecule has 13 heavy (non-hydrogen) atoms. The molecule has 0 aliphatic heterocycles. The third-order valence-electron chi connectivity index (χ3n) is 1.13. The molecule has 3 nitrogen and oxygen atoms in total.